The fourth-order valence-electron chi connectivity index (χ4n) is 3.84. The van der Waals surface area contributed by atoms with Crippen LogP contribution in [-0.4, -0.2) is 35.1 Å². The molecule has 1 fully saturated rings. The molecule has 1 saturated heterocycles. The van der Waals surface area contributed by atoms with Gasteiger partial charge in [0.1, 0.15) is 5.69 Å². The van der Waals surface area contributed by atoms with E-state index in [-0.39, 0.29) is 17.7 Å². The highest BCUT2D eigenvalue weighted by atomic mass is 19.4. The Morgan fingerprint density at radius 2 is 1.84 bits per heavy atom. The molecule has 5 nitrogen and oxygen atoms in total. The first-order chi connectivity index (χ1) is 15.3. The molecule has 0 saturated carbocycles. The number of alkyl halides is 3. The SMILES string of the molecule is Cc1ccc(-c2cc(C(=O)NC3CCN(Cc4cccc(C(F)(F)F)c4)CC3)on2)cc1. The van der Waals surface area contributed by atoms with Crippen molar-refractivity contribution in [3.8, 4) is 11.3 Å². The lowest BCUT2D eigenvalue weighted by Crippen LogP contribution is -2.44. The molecule has 0 aliphatic carbocycles. The monoisotopic (exact) mass is 443 g/mol. The van der Waals surface area contributed by atoms with Gasteiger partial charge in [0, 0.05) is 37.3 Å². The Balaban J connectivity index is 1.29. The molecule has 168 valence electrons. The van der Waals surface area contributed by atoms with Gasteiger partial charge >= 0.3 is 6.18 Å². The second-order valence-corrected chi connectivity index (χ2v) is 8.16. The first-order valence-corrected chi connectivity index (χ1v) is 10.5. The number of aromatic nitrogens is 1. The molecule has 1 amide bonds. The number of hydrogen-bond acceptors (Lipinski definition) is 4. The number of nitrogens with one attached hydrogen (secondary N) is 1. The summed E-state index contributed by atoms with van der Waals surface area (Å²) < 4.78 is 43.9. The Morgan fingerprint density at radius 1 is 1.12 bits per heavy atom. The summed E-state index contributed by atoms with van der Waals surface area (Å²) in [5.74, 6) is -0.154. The van der Waals surface area contributed by atoms with Gasteiger partial charge in [0.05, 0.1) is 5.56 Å². The van der Waals surface area contributed by atoms with Crippen molar-refractivity contribution in [3.63, 3.8) is 0 Å². The Hall–Kier alpha value is -3.13. The van der Waals surface area contributed by atoms with E-state index < -0.39 is 11.7 Å². The van der Waals surface area contributed by atoms with Crippen molar-refractivity contribution in [3.05, 3.63) is 77.0 Å². The minimum absolute atomic E-state index is 0.0202. The van der Waals surface area contributed by atoms with Gasteiger partial charge in [-0.25, -0.2) is 0 Å². The van der Waals surface area contributed by atoms with E-state index in [1.54, 1.807) is 12.1 Å². The van der Waals surface area contributed by atoms with Crippen LogP contribution in [0.4, 0.5) is 13.2 Å². The number of hydrogen-bond donors (Lipinski definition) is 1. The highest BCUT2D eigenvalue weighted by molar-refractivity contribution is 5.92. The summed E-state index contributed by atoms with van der Waals surface area (Å²) in [6, 6.07) is 14.8. The minimum Gasteiger partial charge on any atom is -0.350 e. The lowest BCUT2D eigenvalue weighted by molar-refractivity contribution is -0.137. The predicted molar refractivity (Wildman–Crippen MR) is 114 cm³/mol. The summed E-state index contributed by atoms with van der Waals surface area (Å²) in [6.45, 7) is 3.82. The third-order valence-electron chi connectivity index (χ3n) is 5.66. The number of carbonyl (C=O) groups excluding carboxylic acids is 1. The summed E-state index contributed by atoms with van der Waals surface area (Å²) >= 11 is 0. The highest BCUT2D eigenvalue weighted by Crippen LogP contribution is 2.30. The van der Waals surface area contributed by atoms with Gasteiger partial charge in [-0.3, -0.25) is 9.69 Å². The van der Waals surface area contributed by atoms with Crippen LogP contribution < -0.4 is 5.32 Å². The van der Waals surface area contributed by atoms with Crippen molar-refractivity contribution in [2.24, 2.45) is 0 Å². The Morgan fingerprint density at radius 3 is 2.53 bits per heavy atom. The first kappa shape index (κ1) is 22.1. The average Bonchev–Trinajstić information content (AvgIpc) is 3.26. The van der Waals surface area contributed by atoms with Crippen molar-refractivity contribution in [1.29, 1.82) is 0 Å². The van der Waals surface area contributed by atoms with Crippen LogP contribution >= 0.6 is 0 Å². The smallest absolute Gasteiger partial charge is 0.350 e. The van der Waals surface area contributed by atoms with E-state index in [0.29, 0.717) is 43.7 Å². The molecular formula is C24H24F3N3O2. The second-order valence-electron chi connectivity index (χ2n) is 8.16. The minimum atomic E-state index is -4.34. The van der Waals surface area contributed by atoms with Gasteiger partial charge in [-0.1, -0.05) is 53.2 Å². The fraction of sp³-hybridized carbons (Fsp3) is 0.333. The standard InChI is InChI=1S/C24H24F3N3O2/c1-16-5-7-18(8-6-16)21-14-22(32-29-21)23(31)28-20-9-11-30(12-10-20)15-17-3-2-4-19(13-17)24(25,26)27/h2-8,13-14,20H,9-12,15H2,1H3,(H,28,31). The molecule has 32 heavy (non-hydrogen) atoms. The van der Waals surface area contributed by atoms with Crippen LogP contribution in [0.5, 0.6) is 0 Å². The third-order valence-corrected chi connectivity index (χ3v) is 5.66. The van der Waals surface area contributed by atoms with Gasteiger partial charge in [-0.05, 0) is 31.4 Å². The van der Waals surface area contributed by atoms with Gasteiger partial charge in [0.25, 0.3) is 5.91 Å². The molecule has 1 aromatic heterocycles. The maximum absolute atomic E-state index is 12.9. The molecule has 0 radical (unpaired) electrons. The maximum Gasteiger partial charge on any atom is 0.416 e. The van der Waals surface area contributed by atoms with E-state index in [4.69, 9.17) is 4.52 Å². The largest absolute Gasteiger partial charge is 0.416 e. The van der Waals surface area contributed by atoms with Crippen LogP contribution in [0.1, 0.15) is 40.1 Å². The topological polar surface area (TPSA) is 58.4 Å². The summed E-state index contributed by atoms with van der Waals surface area (Å²) in [7, 11) is 0. The zero-order valence-corrected chi connectivity index (χ0v) is 17.7. The van der Waals surface area contributed by atoms with Gasteiger partial charge in [-0.15, -0.1) is 0 Å². The molecule has 1 aliphatic heterocycles. The van der Waals surface area contributed by atoms with Crippen molar-refractivity contribution >= 4 is 5.91 Å². The van der Waals surface area contributed by atoms with Crippen LogP contribution in [0, 0.1) is 6.92 Å². The van der Waals surface area contributed by atoms with Gasteiger partial charge in [-0.2, -0.15) is 13.2 Å². The predicted octanol–water partition coefficient (Wildman–Crippen LogP) is 5.06. The number of nitrogens with zero attached hydrogens (tertiary/aromatic N) is 2. The number of halogens is 3. The molecule has 4 rings (SSSR count). The Bertz CT molecular complexity index is 1070. The number of carbonyl (C=O) groups is 1. The van der Waals surface area contributed by atoms with Gasteiger partial charge in [0.2, 0.25) is 5.76 Å². The normalized spacial score (nSPS) is 15.6. The number of benzene rings is 2. The zero-order valence-electron chi connectivity index (χ0n) is 17.7. The summed E-state index contributed by atoms with van der Waals surface area (Å²) in [5.41, 5.74) is 2.61. The molecule has 0 bridgehead atoms. The van der Waals surface area contributed by atoms with Crippen LogP contribution in [-0.2, 0) is 12.7 Å². The fourth-order valence-corrected chi connectivity index (χ4v) is 3.84. The number of rotatable bonds is 5. The molecule has 2 heterocycles. The molecular weight excluding hydrogens is 419 g/mol. The molecule has 3 aromatic rings. The van der Waals surface area contributed by atoms with E-state index in [9.17, 15) is 18.0 Å². The Labute approximate surface area is 184 Å². The molecule has 1 aliphatic rings. The van der Waals surface area contributed by atoms with E-state index in [1.165, 1.54) is 12.1 Å². The summed E-state index contributed by atoms with van der Waals surface area (Å²) in [6.07, 6.45) is -2.92. The van der Waals surface area contributed by atoms with Crippen LogP contribution in [0.15, 0.2) is 59.1 Å². The lowest BCUT2D eigenvalue weighted by Gasteiger charge is -2.32. The van der Waals surface area contributed by atoms with Crippen LogP contribution in [0.25, 0.3) is 11.3 Å². The van der Waals surface area contributed by atoms with E-state index in [2.05, 4.69) is 15.4 Å². The van der Waals surface area contributed by atoms with Crippen molar-refractivity contribution in [2.45, 2.75) is 38.5 Å². The Kier molecular flexibility index (Phi) is 6.32. The highest BCUT2D eigenvalue weighted by Gasteiger charge is 2.30. The molecule has 0 atom stereocenters. The summed E-state index contributed by atoms with van der Waals surface area (Å²) in [4.78, 5) is 14.6. The van der Waals surface area contributed by atoms with Crippen molar-refractivity contribution in [2.75, 3.05) is 13.1 Å². The second kappa shape index (κ2) is 9.16. The molecule has 1 N–H and O–H groups in total. The zero-order chi connectivity index (χ0) is 22.7. The van der Waals surface area contributed by atoms with Gasteiger partial charge in [0.15, 0.2) is 0 Å². The van der Waals surface area contributed by atoms with Crippen LogP contribution in [0.3, 0.4) is 0 Å². The third kappa shape index (κ3) is 5.37. The van der Waals surface area contributed by atoms with E-state index in [0.717, 1.165) is 17.2 Å². The molecule has 8 heteroatoms. The van der Waals surface area contributed by atoms with E-state index >= 15 is 0 Å². The number of piperidine rings is 1. The lowest BCUT2D eigenvalue weighted by atomic mass is 10.0. The number of amides is 1. The molecule has 0 unspecified atom stereocenters. The molecule has 0 spiro atoms. The molecule has 2 aromatic carbocycles. The quantitative estimate of drug-likeness (QED) is 0.599. The van der Waals surface area contributed by atoms with Crippen LogP contribution in [0.2, 0.25) is 0 Å². The summed E-state index contributed by atoms with van der Waals surface area (Å²) in [5, 5.41) is 6.96. The van der Waals surface area contributed by atoms with E-state index in [1.807, 2.05) is 31.2 Å². The van der Waals surface area contributed by atoms with Gasteiger partial charge < -0.3 is 9.84 Å². The number of likely N-dealkylation sites (tertiary alicyclic amines) is 1. The van der Waals surface area contributed by atoms with Crippen molar-refractivity contribution in [1.82, 2.24) is 15.4 Å². The van der Waals surface area contributed by atoms with Crippen molar-refractivity contribution < 1.29 is 22.5 Å². The number of aryl methyl sites for hydroxylation is 1. The average molecular weight is 443 g/mol. The maximum atomic E-state index is 12.9. The first-order valence-electron chi connectivity index (χ1n) is 10.5.